The van der Waals surface area contributed by atoms with Gasteiger partial charge < -0.3 is 5.11 Å². The third kappa shape index (κ3) is 2.96. The summed E-state index contributed by atoms with van der Waals surface area (Å²) in [7, 11) is 0. The van der Waals surface area contributed by atoms with Crippen LogP contribution in [0, 0.1) is 0 Å². The van der Waals surface area contributed by atoms with Crippen LogP contribution in [-0.2, 0) is 12.0 Å². The van der Waals surface area contributed by atoms with Crippen LogP contribution in [0.5, 0.6) is 0 Å². The van der Waals surface area contributed by atoms with Gasteiger partial charge in [0.2, 0.25) is 0 Å². The number of hydrogen-bond donors (Lipinski definition) is 1. The van der Waals surface area contributed by atoms with E-state index in [1.165, 1.54) is 32.1 Å². The summed E-state index contributed by atoms with van der Waals surface area (Å²) in [5, 5.41) is 17.3. The van der Waals surface area contributed by atoms with Crippen molar-refractivity contribution in [2.24, 2.45) is 0 Å². The van der Waals surface area contributed by atoms with Crippen LogP contribution < -0.4 is 0 Å². The lowest BCUT2D eigenvalue weighted by molar-refractivity contribution is 0.0602. The molecule has 0 saturated heterocycles. The lowest BCUT2D eigenvalue weighted by Crippen LogP contribution is -2.23. The summed E-state index contributed by atoms with van der Waals surface area (Å²) in [6, 6.07) is 6.58. The molecular formula is C16H22N2OS. The average Bonchev–Trinajstić information content (AvgIpc) is 3.10. The highest BCUT2D eigenvalue weighted by molar-refractivity contribution is 7.10. The maximum atomic E-state index is 10.6. The van der Waals surface area contributed by atoms with E-state index in [4.69, 9.17) is 5.10 Å². The summed E-state index contributed by atoms with van der Waals surface area (Å²) in [6.45, 7) is 1.87. The largest absolute Gasteiger partial charge is 0.384 e. The minimum Gasteiger partial charge on any atom is -0.384 e. The maximum Gasteiger partial charge on any atom is 0.102 e. The highest BCUT2D eigenvalue weighted by Crippen LogP contribution is 2.30. The minimum absolute atomic E-state index is 0.559. The summed E-state index contributed by atoms with van der Waals surface area (Å²) >= 11 is 1.60. The van der Waals surface area contributed by atoms with Crippen molar-refractivity contribution in [2.75, 3.05) is 0 Å². The summed E-state index contributed by atoms with van der Waals surface area (Å²) < 4.78 is 2.11. The molecule has 1 aliphatic carbocycles. The molecule has 3 nitrogen and oxygen atoms in total. The third-order valence-corrected chi connectivity index (χ3v) is 5.31. The fourth-order valence-electron chi connectivity index (χ4n) is 3.05. The normalized spacial score (nSPS) is 19.9. The Balaban J connectivity index is 1.70. The smallest absolute Gasteiger partial charge is 0.102 e. The molecule has 2 aromatic rings. The Morgan fingerprint density at radius 2 is 2.15 bits per heavy atom. The number of rotatable bonds is 4. The maximum absolute atomic E-state index is 10.6. The number of hydrogen-bond acceptors (Lipinski definition) is 3. The molecular weight excluding hydrogens is 268 g/mol. The summed E-state index contributed by atoms with van der Waals surface area (Å²) in [5.74, 6) is 0. The second-order valence-electron chi connectivity index (χ2n) is 6.01. The van der Waals surface area contributed by atoms with Gasteiger partial charge in [-0.25, -0.2) is 0 Å². The predicted molar refractivity (Wildman–Crippen MR) is 81.9 cm³/mol. The first-order chi connectivity index (χ1) is 9.65. The van der Waals surface area contributed by atoms with Crippen molar-refractivity contribution >= 4 is 11.3 Å². The van der Waals surface area contributed by atoms with Crippen molar-refractivity contribution in [3.63, 3.8) is 0 Å². The summed E-state index contributed by atoms with van der Waals surface area (Å²) in [5.41, 5.74) is 0.161. The molecule has 3 rings (SSSR count). The Kier molecular flexibility index (Phi) is 3.94. The molecule has 0 aliphatic heterocycles. The van der Waals surface area contributed by atoms with Crippen molar-refractivity contribution in [3.8, 4) is 0 Å². The summed E-state index contributed by atoms with van der Waals surface area (Å²) in [6.07, 6.45) is 9.12. The molecule has 2 heterocycles. The van der Waals surface area contributed by atoms with Gasteiger partial charge in [0.15, 0.2) is 0 Å². The Hall–Kier alpha value is -1.13. The second-order valence-corrected chi connectivity index (χ2v) is 6.95. The quantitative estimate of drug-likeness (QED) is 0.927. The van der Waals surface area contributed by atoms with E-state index in [2.05, 4.69) is 16.9 Å². The van der Waals surface area contributed by atoms with Gasteiger partial charge in [-0.15, -0.1) is 11.3 Å². The molecule has 0 aromatic carbocycles. The van der Waals surface area contributed by atoms with Crippen molar-refractivity contribution in [3.05, 3.63) is 40.3 Å². The van der Waals surface area contributed by atoms with Gasteiger partial charge in [-0.05, 0) is 37.3 Å². The molecule has 0 spiro atoms. The van der Waals surface area contributed by atoms with E-state index in [-0.39, 0.29) is 0 Å². The first-order valence-corrected chi connectivity index (χ1v) is 8.33. The molecule has 20 heavy (non-hydrogen) atoms. The fourth-order valence-corrected chi connectivity index (χ4v) is 3.83. The van der Waals surface area contributed by atoms with Gasteiger partial charge in [0.05, 0.1) is 11.7 Å². The van der Waals surface area contributed by atoms with Gasteiger partial charge in [0.25, 0.3) is 0 Å². The first kappa shape index (κ1) is 13.8. The fraction of sp³-hybridized carbons (Fsp3) is 0.562. The molecule has 0 radical (unpaired) electrons. The van der Waals surface area contributed by atoms with Crippen molar-refractivity contribution in [2.45, 2.75) is 57.1 Å². The molecule has 1 aliphatic rings. The van der Waals surface area contributed by atoms with Crippen molar-refractivity contribution in [1.29, 1.82) is 0 Å². The number of nitrogens with zero attached hydrogens (tertiary/aromatic N) is 2. The van der Waals surface area contributed by atoms with E-state index in [0.29, 0.717) is 12.5 Å². The molecule has 2 aromatic heterocycles. The van der Waals surface area contributed by atoms with Gasteiger partial charge in [0.1, 0.15) is 5.60 Å². The molecule has 0 amide bonds. The zero-order valence-electron chi connectivity index (χ0n) is 12.0. The van der Waals surface area contributed by atoms with Crippen LogP contribution in [0.4, 0.5) is 0 Å². The highest BCUT2D eigenvalue weighted by Gasteiger charge is 2.26. The molecule has 0 bridgehead atoms. The monoisotopic (exact) mass is 290 g/mol. The van der Waals surface area contributed by atoms with Crippen molar-refractivity contribution in [1.82, 2.24) is 9.78 Å². The van der Waals surface area contributed by atoms with Crippen molar-refractivity contribution < 1.29 is 5.11 Å². The molecule has 1 atom stereocenters. The Labute approximate surface area is 124 Å². The SMILES string of the molecule is CC(O)(Cc1ccn(C2CCCCC2)n1)c1cccs1. The highest BCUT2D eigenvalue weighted by atomic mass is 32.1. The minimum atomic E-state index is -0.820. The van der Waals surface area contributed by atoms with Crippen LogP contribution >= 0.6 is 11.3 Å². The van der Waals surface area contributed by atoms with E-state index in [1.807, 2.05) is 24.4 Å². The van der Waals surface area contributed by atoms with Gasteiger partial charge in [0, 0.05) is 17.5 Å². The first-order valence-electron chi connectivity index (χ1n) is 7.45. The van der Waals surface area contributed by atoms with Crippen LogP contribution in [-0.4, -0.2) is 14.9 Å². The zero-order chi connectivity index (χ0) is 14.0. The van der Waals surface area contributed by atoms with Crippen LogP contribution in [0.3, 0.4) is 0 Å². The van der Waals surface area contributed by atoms with Crippen LogP contribution in [0.15, 0.2) is 29.8 Å². The van der Waals surface area contributed by atoms with Crippen LogP contribution in [0.2, 0.25) is 0 Å². The Bertz CT molecular complexity index is 539. The van der Waals surface area contributed by atoms with Gasteiger partial charge in [-0.3, -0.25) is 4.68 Å². The molecule has 4 heteroatoms. The number of aromatic nitrogens is 2. The van der Waals surface area contributed by atoms with Gasteiger partial charge in [-0.1, -0.05) is 25.3 Å². The lowest BCUT2D eigenvalue weighted by Gasteiger charge is -2.22. The molecule has 1 saturated carbocycles. The average molecular weight is 290 g/mol. The van der Waals surface area contributed by atoms with E-state index < -0.39 is 5.60 Å². The van der Waals surface area contributed by atoms with E-state index in [0.717, 1.165) is 10.6 Å². The lowest BCUT2D eigenvalue weighted by atomic mass is 9.96. The Morgan fingerprint density at radius 1 is 1.35 bits per heavy atom. The Morgan fingerprint density at radius 3 is 2.85 bits per heavy atom. The van der Waals surface area contributed by atoms with Crippen LogP contribution in [0.25, 0.3) is 0 Å². The van der Waals surface area contributed by atoms with Crippen LogP contribution in [0.1, 0.15) is 55.6 Å². The third-order valence-electron chi connectivity index (χ3n) is 4.19. The number of aliphatic hydroxyl groups is 1. The number of thiophene rings is 1. The van der Waals surface area contributed by atoms with E-state index >= 15 is 0 Å². The second kappa shape index (κ2) is 5.70. The molecule has 1 unspecified atom stereocenters. The zero-order valence-corrected chi connectivity index (χ0v) is 12.8. The molecule has 1 N–H and O–H groups in total. The van der Waals surface area contributed by atoms with E-state index in [1.54, 1.807) is 11.3 Å². The van der Waals surface area contributed by atoms with Gasteiger partial charge in [-0.2, -0.15) is 5.10 Å². The summed E-state index contributed by atoms with van der Waals surface area (Å²) in [4.78, 5) is 1.00. The van der Waals surface area contributed by atoms with Gasteiger partial charge >= 0.3 is 0 Å². The molecule has 1 fully saturated rings. The standard InChI is InChI=1S/C16H22N2OS/c1-16(19,15-8-5-11-20-15)12-13-9-10-18(17-13)14-6-3-2-4-7-14/h5,8-11,14,19H,2-4,6-7,12H2,1H3. The molecule has 108 valence electrons. The van der Waals surface area contributed by atoms with E-state index in [9.17, 15) is 5.11 Å². The topological polar surface area (TPSA) is 38.0 Å². The predicted octanol–water partition coefficient (Wildman–Crippen LogP) is 3.90.